The molecule has 0 amide bonds. The van der Waals surface area contributed by atoms with Crippen molar-refractivity contribution in [1.82, 2.24) is 4.90 Å². The molecule has 13 nitrogen and oxygen atoms in total. The first-order valence-corrected chi connectivity index (χ1v) is 28.0. The fourth-order valence-corrected chi connectivity index (χ4v) is 14.2. The van der Waals surface area contributed by atoms with Crippen molar-refractivity contribution in [2.45, 2.75) is 300 Å². The van der Waals surface area contributed by atoms with Crippen molar-refractivity contribution in [2.75, 3.05) is 27.2 Å². The first-order valence-electron chi connectivity index (χ1n) is 28.0. The quantitative estimate of drug-likeness (QED) is 0.117. The molecule has 470 valence electrons. The summed E-state index contributed by atoms with van der Waals surface area (Å²) in [4.78, 5) is 62.2. The SMILES string of the molecule is C.C.C.C.C.C.C.C.CCC(C)(C)C(=O)OC1(CC)C2CC3CC(C2)CC1C3.CCC(C)(C)C(=O)OC12CC3CC(O)(CC(O)(C3)C1)C2.CCC(C)(C)C(=O)OC1C2CC3C(=O)OC1C3C2.CCC(C)(C)C(=O)OCCN(C)C. The summed E-state index contributed by atoms with van der Waals surface area (Å²) in [7, 11) is 3.91. The highest BCUT2D eigenvalue weighted by Gasteiger charge is 2.66. The molecule has 0 aromatic carbocycles. The maximum absolute atomic E-state index is 12.6. The second-order valence-corrected chi connectivity index (χ2v) is 27.2. The van der Waals surface area contributed by atoms with Crippen LogP contribution in [-0.4, -0.2) is 107 Å². The minimum Gasteiger partial charge on any atom is -0.464 e. The highest BCUT2D eigenvalue weighted by Crippen LogP contribution is 2.62. The lowest BCUT2D eigenvalue weighted by Gasteiger charge is -2.62. The third-order valence-corrected chi connectivity index (χ3v) is 19.8. The van der Waals surface area contributed by atoms with E-state index >= 15 is 0 Å². The Hall–Kier alpha value is -2.77. The van der Waals surface area contributed by atoms with Gasteiger partial charge in [-0.1, -0.05) is 94.0 Å². The topological polar surface area (TPSA) is 175 Å². The number of esters is 5. The monoisotopic (exact) mass is 1130 g/mol. The van der Waals surface area contributed by atoms with Gasteiger partial charge in [0.2, 0.25) is 0 Å². The van der Waals surface area contributed by atoms with Crippen LogP contribution in [0.2, 0.25) is 0 Å². The Morgan fingerprint density at radius 1 is 0.570 bits per heavy atom. The molecule has 7 atom stereocenters. The van der Waals surface area contributed by atoms with Gasteiger partial charge in [0.1, 0.15) is 30.0 Å². The van der Waals surface area contributed by atoms with Crippen LogP contribution in [0.3, 0.4) is 0 Å². The van der Waals surface area contributed by atoms with E-state index in [1.54, 1.807) is 0 Å². The Morgan fingerprint density at radius 2 is 1.00 bits per heavy atom. The van der Waals surface area contributed by atoms with Crippen LogP contribution in [0.1, 0.15) is 265 Å². The van der Waals surface area contributed by atoms with Crippen LogP contribution >= 0.6 is 0 Å². The molecule has 2 N–H and O–H groups in total. The second-order valence-electron chi connectivity index (χ2n) is 27.2. The van der Waals surface area contributed by atoms with E-state index in [9.17, 15) is 34.2 Å². The van der Waals surface area contributed by atoms with E-state index in [1.807, 2.05) is 95.2 Å². The lowest BCUT2D eigenvalue weighted by molar-refractivity contribution is -0.264. The van der Waals surface area contributed by atoms with Gasteiger partial charge in [0, 0.05) is 37.6 Å². The third kappa shape index (κ3) is 17.2. The lowest BCUT2D eigenvalue weighted by Crippen LogP contribution is -2.67. The zero-order valence-corrected chi connectivity index (χ0v) is 46.8. The van der Waals surface area contributed by atoms with E-state index in [0.29, 0.717) is 49.5 Å². The van der Waals surface area contributed by atoms with Gasteiger partial charge in [-0.2, -0.15) is 0 Å². The Bertz CT molecular complexity index is 1890. The number of carbonyl (C=O) groups excluding carboxylic acids is 5. The van der Waals surface area contributed by atoms with Crippen molar-refractivity contribution in [3.05, 3.63) is 0 Å². The van der Waals surface area contributed by atoms with Crippen LogP contribution in [-0.2, 0) is 47.7 Å². The predicted octanol–water partition coefficient (Wildman–Crippen LogP) is 15.3. The lowest BCUT2D eigenvalue weighted by atomic mass is 9.49. The Morgan fingerprint density at radius 3 is 1.42 bits per heavy atom. The van der Waals surface area contributed by atoms with Crippen molar-refractivity contribution in [2.24, 2.45) is 69.0 Å². The van der Waals surface area contributed by atoms with Crippen LogP contribution in [0.25, 0.3) is 0 Å². The zero-order chi connectivity index (χ0) is 52.9. The Labute approximate surface area is 486 Å². The van der Waals surface area contributed by atoms with Crippen LogP contribution < -0.4 is 0 Å². The van der Waals surface area contributed by atoms with Crippen molar-refractivity contribution < 1.29 is 57.9 Å². The molecule has 0 aromatic heterocycles. The van der Waals surface area contributed by atoms with Gasteiger partial charge < -0.3 is 38.8 Å². The molecule has 13 heteroatoms. The number of hydrogen-bond acceptors (Lipinski definition) is 13. The van der Waals surface area contributed by atoms with Crippen molar-refractivity contribution in [3.63, 3.8) is 0 Å². The number of fused-ring (bicyclic) bond motifs is 1. The van der Waals surface area contributed by atoms with E-state index in [2.05, 4.69) is 13.8 Å². The minimum absolute atomic E-state index is 0. The molecular weight excluding hydrogens is 999 g/mol. The largest absolute Gasteiger partial charge is 0.464 e. The summed E-state index contributed by atoms with van der Waals surface area (Å²) in [5.41, 5.74) is -4.10. The number of aliphatic hydroxyl groups is 2. The highest BCUT2D eigenvalue weighted by atomic mass is 16.6. The number of hydrogen-bond donors (Lipinski definition) is 2. The molecule has 10 saturated carbocycles. The molecule has 7 unspecified atom stereocenters. The van der Waals surface area contributed by atoms with E-state index in [0.717, 1.165) is 82.6 Å². The summed E-state index contributed by atoms with van der Waals surface area (Å²) in [5, 5.41) is 21.3. The summed E-state index contributed by atoms with van der Waals surface area (Å²) in [6.45, 7) is 26.9. The molecule has 10 bridgehead atoms. The molecule has 11 rings (SSSR count). The molecule has 0 aromatic rings. The van der Waals surface area contributed by atoms with Crippen molar-refractivity contribution in [1.29, 1.82) is 0 Å². The number of carbonyl (C=O) groups is 5. The molecule has 1 heterocycles. The van der Waals surface area contributed by atoms with Gasteiger partial charge in [0.15, 0.2) is 0 Å². The van der Waals surface area contributed by atoms with Gasteiger partial charge in [-0.05, 0) is 195 Å². The van der Waals surface area contributed by atoms with E-state index in [4.69, 9.17) is 23.7 Å². The molecule has 11 aliphatic rings. The fourth-order valence-electron chi connectivity index (χ4n) is 14.2. The summed E-state index contributed by atoms with van der Waals surface area (Å²) < 4.78 is 28.3. The number of rotatable bonds is 15. The average molecular weight is 1130 g/mol. The summed E-state index contributed by atoms with van der Waals surface area (Å²) >= 11 is 0. The molecule has 1 aliphatic heterocycles. The van der Waals surface area contributed by atoms with Gasteiger partial charge in [0.05, 0.1) is 38.8 Å². The average Bonchev–Trinajstić information content (AvgIpc) is 3.92. The predicted molar refractivity (Wildman–Crippen MR) is 325 cm³/mol. The maximum Gasteiger partial charge on any atom is 0.312 e. The van der Waals surface area contributed by atoms with E-state index in [-0.39, 0.29) is 130 Å². The molecule has 0 spiro atoms. The van der Waals surface area contributed by atoms with Gasteiger partial charge in [-0.15, -0.1) is 0 Å². The summed E-state index contributed by atoms with van der Waals surface area (Å²) in [6, 6.07) is 0. The zero-order valence-electron chi connectivity index (χ0n) is 46.8. The number of nitrogens with zero attached hydrogens (tertiary/aromatic N) is 1. The van der Waals surface area contributed by atoms with Crippen molar-refractivity contribution in [3.8, 4) is 0 Å². The minimum atomic E-state index is -0.842. The molecule has 11 fully saturated rings. The number of ether oxygens (including phenoxy) is 5. The van der Waals surface area contributed by atoms with Crippen molar-refractivity contribution >= 4 is 29.8 Å². The van der Waals surface area contributed by atoms with Gasteiger partial charge >= 0.3 is 29.8 Å². The standard InChI is InChI=1S/C18H30O2.C16H26O4.C14H20O4.C10H21NO2.8CH4/c1-5-17(3,4)16(19)20-18(6-2)14-8-12-7-13(10-14)11-15(18)9-12;1-4-13(2,3)12(17)20-16-7-11-5-14(18,9-16)8-15(19,6-11)10-16;1-4-14(2,3)13(16)18-10-7-5-8-9(6-7)12(15)17-11(8)10;1-6-10(2,3)9(12)13-8-7-11(4)5;;;;;;;;/h12-15H,5-11H2,1-4H3;11,18-19H,4-10H2,1-3H3;7-11H,4-6H2,1-3H3;6-8H2,1-5H3;8*1H4. The first kappa shape index (κ1) is 80.5. The smallest absolute Gasteiger partial charge is 0.312 e. The third-order valence-electron chi connectivity index (χ3n) is 19.8. The van der Waals surface area contributed by atoms with E-state index in [1.165, 1.54) is 32.1 Å². The molecular formula is C66H129NO12. The molecule has 1 saturated heterocycles. The number of likely N-dealkylation sites (N-methyl/N-ethyl adjacent to an activating group) is 1. The van der Waals surface area contributed by atoms with Crippen LogP contribution in [0.4, 0.5) is 0 Å². The van der Waals surface area contributed by atoms with Crippen LogP contribution in [0, 0.1) is 69.0 Å². The first-order chi connectivity index (χ1) is 32.8. The molecule has 0 radical (unpaired) electrons. The Kier molecular flexibility index (Phi) is 30.2. The second kappa shape index (κ2) is 29.7. The molecule has 79 heavy (non-hydrogen) atoms. The van der Waals surface area contributed by atoms with Gasteiger partial charge in [-0.3, -0.25) is 24.0 Å². The van der Waals surface area contributed by atoms with Crippen LogP contribution in [0.5, 0.6) is 0 Å². The van der Waals surface area contributed by atoms with Crippen LogP contribution in [0.15, 0.2) is 0 Å². The van der Waals surface area contributed by atoms with Gasteiger partial charge in [-0.25, -0.2) is 0 Å². The fraction of sp³-hybridized carbons (Fsp3) is 0.924. The van der Waals surface area contributed by atoms with Gasteiger partial charge in [0.25, 0.3) is 0 Å². The summed E-state index contributed by atoms with van der Waals surface area (Å²) in [6.07, 6.45) is 16.0. The van der Waals surface area contributed by atoms with E-state index < -0.39 is 27.6 Å². The Balaban J connectivity index is -0.000000954. The highest BCUT2D eigenvalue weighted by molar-refractivity contribution is 5.79. The summed E-state index contributed by atoms with van der Waals surface area (Å²) in [5.74, 6) is 3.60. The maximum atomic E-state index is 12.6. The molecule has 10 aliphatic carbocycles. The normalized spacial score (nSPS) is 33.9.